The van der Waals surface area contributed by atoms with Gasteiger partial charge in [-0.15, -0.1) is 0 Å². The van der Waals surface area contributed by atoms with E-state index < -0.39 is 16.0 Å². The number of hydrogen-bond acceptors (Lipinski definition) is 6. The molecule has 0 aliphatic rings. The van der Waals surface area contributed by atoms with Gasteiger partial charge in [0.15, 0.2) is 0 Å². The number of carbonyl (C=O) groups excluding carboxylic acids is 2. The number of methoxy groups -OCH3 is 2. The number of carbonyl (C=O) groups is 2. The van der Waals surface area contributed by atoms with Crippen LogP contribution in [0.2, 0.25) is 0 Å². The summed E-state index contributed by atoms with van der Waals surface area (Å²) >= 11 is 0. The lowest BCUT2D eigenvalue weighted by molar-refractivity contribution is -0.116. The fourth-order valence-electron chi connectivity index (χ4n) is 3.12. The number of amides is 1. The van der Waals surface area contributed by atoms with Crippen LogP contribution in [0.1, 0.15) is 34.3 Å². The number of sulfonamides is 1. The largest absolute Gasteiger partial charge is 0.495 e. The minimum Gasteiger partial charge on any atom is -0.495 e. The number of nitrogens with one attached hydrogen (secondary N) is 1. The highest BCUT2D eigenvalue weighted by molar-refractivity contribution is 7.92. The standard InChI is InChI=1S/C22H28N2O6S/c1-15-8-6-9-19(16(15)2)24(31(5,27)28)13-7-10-21(25)23-18-14-17(22(26)30-4)11-12-20(18)29-3/h6,8-9,11-12,14H,7,10,13H2,1-5H3,(H,23,25). The van der Waals surface area contributed by atoms with E-state index >= 15 is 0 Å². The summed E-state index contributed by atoms with van der Waals surface area (Å²) in [5, 5.41) is 2.71. The van der Waals surface area contributed by atoms with E-state index in [4.69, 9.17) is 9.47 Å². The summed E-state index contributed by atoms with van der Waals surface area (Å²) in [6, 6.07) is 10.1. The Morgan fingerprint density at radius 3 is 2.42 bits per heavy atom. The molecule has 0 saturated heterocycles. The van der Waals surface area contributed by atoms with E-state index in [1.807, 2.05) is 26.0 Å². The SMILES string of the molecule is COC(=O)c1ccc(OC)c(NC(=O)CCCN(c2cccc(C)c2C)S(C)(=O)=O)c1. The number of rotatable bonds is 9. The van der Waals surface area contributed by atoms with Gasteiger partial charge in [-0.3, -0.25) is 9.10 Å². The zero-order valence-electron chi connectivity index (χ0n) is 18.4. The normalized spacial score (nSPS) is 11.0. The highest BCUT2D eigenvalue weighted by atomic mass is 32.2. The number of esters is 1. The fourth-order valence-corrected chi connectivity index (χ4v) is 4.13. The minimum absolute atomic E-state index is 0.0858. The first-order chi connectivity index (χ1) is 14.6. The molecule has 9 heteroatoms. The number of benzene rings is 2. The summed E-state index contributed by atoms with van der Waals surface area (Å²) in [6.45, 7) is 3.95. The lowest BCUT2D eigenvalue weighted by atomic mass is 10.1. The summed E-state index contributed by atoms with van der Waals surface area (Å²) in [4.78, 5) is 24.2. The molecule has 0 bridgehead atoms. The highest BCUT2D eigenvalue weighted by Gasteiger charge is 2.20. The van der Waals surface area contributed by atoms with Crippen LogP contribution in [-0.2, 0) is 19.6 Å². The molecular weight excluding hydrogens is 420 g/mol. The average Bonchev–Trinajstić information content (AvgIpc) is 2.72. The van der Waals surface area contributed by atoms with Gasteiger partial charge in [-0.1, -0.05) is 12.1 Å². The summed E-state index contributed by atoms with van der Waals surface area (Å²) in [5.41, 5.74) is 3.08. The van der Waals surface area contributed by atoms with Crippen molar-refractivity contribution in [3.05, 3.63) is 53.1 Å². The van der Waals surface area contributed by atoms with Gasteiger partial charge in [0.2, 0.25) is 15.9 Å². The molecule has 1 N–H and O–H groups in total. The molecule has 0 aromatic heterocycles. The van der Waals surface area contributed by atoms with Crippen molar-refractivity contribution in [2.45, 2.75) is 26.7 Å². The van der Waals surface area contributed by atoms with Gasteiger partial charge in [-0.25, -0.2) is 13.2 Å². The quantitative estimate of drug-likeness (QED) is 0.591. The Labute approximate surface area is 183 Å². The van der Waals surface area contributed by atoms with E-state index in [9.17, 15) is 18.0 Å². The van der Waals surface area contributed by atoms with Gasteiger partial charge in [0, 0.05) is 13.0 Å². The molecule has 2 aromatic carbocycles. The first-order valence-corrected chi connectivity index (χ1v) is 11.5. The van der Waals surface area contributed by atoms with Crippen molar-refractivity contribution in [2.24, 2.45) is 0 Å². The smallest absolute Gasteiger partial charge is 0.337 e. The molecule has 8 nitrogen and oxygen atoms in total. The average molecular weight is 449 g/mol. The van der Waals surface area contributed by atoms with E-state index in [0.717, 1.165) is 17.4 Å². The fraction of sp³-hybridized carbons (Fsp3) is 0.364. The maximum absolute atomic E-state index is 12.5. The molecule has 0 spiro atoms. The van der Waals surface area contributed by atoms with Gasteiger partial charge in [0.25, 0.3) is 0 Å². The molecule has 0 radical (unpaired) electrons. The van der Waals surface area contributed by atoms with Gasteiger partial charge in [0.05, 0.1) is 37.4 Å². The van der Waals surface area contributed by atoms with E-state index in [2.05, 4.69) is 5.32 Å². The third kappa shape index (κ3) is 6.21. The Morgan fingerprint density at radius 2 is 1.81 bits per heavy atom. The molecule has 0 saturated carbocycles. The van der Waals surface area contributed by atoms with Crippen molar-refractivity contribution in [1.29, 1.82) is 0 Å². The topological polar surface area (TPSA) is 102 Å². The molecular formula is C22H28N2O6S. The highest BCUT2D eigenvalue weighted by Crippen LogP contribution is 2.27. The van der Waals surface area contributed by atoms with Crippen molar-refractivity contribution in [1.82, 2.24) is 0 Å². The van der Waals surface area contributed by atoms with Crippen molar-refractivity contribution in [3.8, 4) is 5.75 Å². The Balaban J connectivity index is 2.10. The predicted octanol–water partition coefficient (Wildman–Crippen LogP) is 3.28. The molecule has 0 aliphatic heterocycles. The Hall–Kier alpha value is -3.07. The molecule has 2 aromatic rings. The molecule has 1 amide bonds. The van der Waals surface area contributed by atoms with E-state index in [-0.39, 0.29) is 24.4 Å². The molecule has 0 unspecified atom stereocenters. The van der Waals surface area contributed by atoms with Crippen LogP contribution in [0.15, 0.2) is 36.4 Å². The van der Waals surface area contributed by atoms with E-state index in [1.54, 1.807) is 12.1 Å². The predicted molar refractivity (Wildman–Crippen MR) is 120 cm³/mol. The van der Waals surface area contributed by atoms with Crippen LogP contribution in [0.25, 0.3) is 0 Å². The molecule has 0 aliphatic carbocycles. The zero-order chi connectivity index (χ0) is 23.2. The van der Waals surface area contributed by atoms with Crippen molar-refractivity contribution in [2.75, 3.05) is 36.6 Å². The van der Waals surface area contributed by atoms with Crippen LogP contribution in [-0.4, -0.2) is 47.3 Å². The van der Waals surface area contributed by atoms with Crippen molar-refractivity contribution >= 4 is 33.3 Å². The summed E-state index contributed by atoms with van der Waals surface area (Å²) in [7, 11) is -0.785. The second-order valence-corrected chi connectivity index (χ2v) is 9.02. The van der Waals surface area contributed by atoms with Crippen LogP contribution in [0, 0.1) is 13.8 Å². The molecule has 0 atom stereocenters. The van der Waals surface area contributed by atoms with Crippen LogP contribution >= 0.6 is 0 Å². The third-order valence-electron chi connectivity index (χ3n) is 4.90. The van der Waals surface area contributed by atoms with Crippen molar-refractivity contribution < 1.29 is 27.5 Å². The Morgan fingerprint density at radius 1 is 1.10 bits per heavy atom. The van der Waals surface area contributed by atoms with Gasteiger partial charge in [-0.2, -0.15) is 0 Å². The lowest BCUT2D eigenvalue weighted by Crippen LogP contribution is -2.32. The van der Waals surface area contributed by atoms with E-state index in [1.165, 1.54) is 30.7 Å². The van der Waals surface area contributed by atoms with Crippen LogP contribution < -0.4 is 14.4 Å². The number of nitrogens with zero attached hydrogens (tertiary/aromatic N) is 1. The first-order valence-electron chi connectivity index (χ1n) is 9.68. The summed E-state index contributed by atoms with van der Waals surface area (Å²) < 4.78 is 35.9. The Kier molecular flexibility index (Phi) is 8.04. The molecule has 0 fully saturated rings. The lowest BCUT2D eigenvalue weighted by Gasteiger charge is -2.25. The van der Waals surface area contributed by atoms with E-state index in [0.29, 0.717) is 23.5 Å². The second kappa shape index (κ2) is 10.3. The number of ether oxygens (including phenoxy) is 2. The maximum Gasteiger partial charge on any atom is 0.337 e. The van der Waals surface area contributed by atoms with Gasteiger partial charge >= 0.3 is 5.97 Å². The van der Waals surface area contributed by atoms with Crippen molar-refractivity contribution in [3.63, 3.8) is 0 Å². The number of anilines is 2. The zero-order valence-corrected chi connectivity index (χ0v) is 19.2. The molecule has 0 heterocycles. The molecule has 2 rings (SSSR count). The third-order valence-corrected chi connectivity index (χ3v) is 6.08. The summed E-state index contributed by atoms with van der Waals surface area (Å²) in [6.07, 6.45) is 1.55. The number of aryl methyl sites for hydroxylation is 1. The van der Waals surface area contributed by atoms with Crippen LogP contribution in [0.4, 0.5) is 11.4 Å². The molecule has 168 valence electrons. The monoisotopic (exact) mass is 448 g/mol. The minimum atomic E-state index is -3.51. The molecule has 31 heavy (non-hydrogen) atoms. The first kappa shape index (κ1) is 24.2. The Bertz CT molecular complexity index is 1070. The van der Waals surface area contributed by atoms with Gasteiger partial charge in [0.1, 0.15) is 5.75 Å². The van der Waals surface area contributed by atoms with Crippen LogP contribution in [0.5, 0.6) is 5.75 Å². The number of hydrogen-bond donors (Lipinski definition) is 1. The maximum atomic E-state index is 12.5. The summed E-state index contributed by atoms with van der Waals surface area (Å²) in [5.74, 6) is -0.459. The van der Waals surface area contributed by atoms with Gasteiger partial charge < -0.3 is 14.8 Å². The van der Waals surface area contributed by atoms with Gasteiger partial charge in [-0.05, 0) is 55.7 Å². The van der Waals surface area contributed by atoms with Crippen LogP contribution in [0.3, 0.4) is 0 Å². The second-order valence-electron chi connectivity index (χ2n) is 7.11.